The van der Waals surface area contributed by atoms with Crippen molar-refractivity contribution < 1.29 is 14.3 Å². The molecule has 4 aromatic rings. The predicted molar refractivity (Wildman–Crippen MR) is 130 cm³/mol. The number of para-hydroxylation sites is 1. The van der Waals surface area contributed by atoms with Crippen LogP contribution in [0.25, 0.3) is 22.3 Å². The molecule has 8 nitrogen and oxygen atoms in total. The molecule has 0 bridgehead atoms. The maximum absolute atomic E-state index is 13.1. The van der Waals surface area contributed by atoms with Crippen molar-refractivity contribution in [1.82, 2.24) is 24.6 Å². The number of aromatic amines is 1. The van der Waals surface area contributed by atoms with E-state index in [0.717, 1.165) is 57.4 Å². The molecule has 9 heteroatoms. The molecule has 0 unspecified atom stereocenters. The Balaban J connectivity index is 1.18. The third-order valence-corrected chi connectivity index (χ3v) is 7.20. The molecule has 0 radical (unpaired) electrons. The number of benzene rings is 2. The number of carbonyl (C=O) groups excluding carboxylic acids is 1. The monoisotopic (exact) mass is 475 g/mol. The maximum atomic E-state index is 13.1. The van der Waals surface area contributed by atoms with Crippen molar-refractivity contribution >= 4 is 28.6 Å². The molecule has 34 heavy (non-hydrogen) atoms. The number of fused-ring (bicyclic) bond motifs is 2. The van der Waals surface area contributed by atoms with E-state index in [1.807, 2.05) is 48.4 Å². The van der Waals surface area contributed by atoms with Crippen molar-refractivity contribution in [2.24, 2.45) is 0 Å². The van der Waals surface area contributed by atoms with Crippen LogP contribution in [-0.2, 0) is 11.3 Å². The SMILES string of the molecule is CCN(Cc1ccc2c(c1)OCO2)C(=O)CSc1nnc(-c2c[nH]c3ccccc23)n1C1CC1. The fraction of sp³-hybridized carbons (Fsp3) is 0.320. The summed E-state index contributed by atoms with van der Waals surface area (Å²) in [5, 5.41) is 10.9. The Hall–Kier alpha value is -3.46. The normalized spacial score (nSPS) is 14.6. The number of amides is 1. The van der Waals surface area contributed by atoms with Crippen molar-refractivity contribution in [2.45, 2.75) is 37.5 Å². The van der Waals surface area contributed by atoms with Gasteiger partial charge in [0, 0.05) is 41.8 Å². The van der Waals surface area contributed by atoms with Gasteiger partial charge in [-0.15, -0.1) is 10.2 Å². The van der Waals surface area contributed by atoms with Gasteiger partial charge in [-0.05, 0) is 43.5 Å². The molecule has 2 aromatic heterocycles. The number of hydrogen-bond donors (Lipinski definition) is 1. The van der Waals surface area contributed by atoms with E-state index in [1.165, 1.54) is 11.8 Å². The molecule has 174 valence electrons. The third kappa shape index (κ3) is 3.90. The van der Waals surface area contributed by atoms with E-state index in [9.17, 15) is 4.79 Å². The number of aromatic nitrogens is 4. The molecule has 1 aliphatic carbocycles. The molecule has 0 saturated heterocycles. The van der Waals surface area contributed by atoms with Crippen LogP contribution in [0.15, 0.2) is 53.8 Å². The van der Waals surface area contributed by atoms with E-state index in [0.29, 0.717) is 24.9 Å². The number of rotatable bonds is 8. The zero-order chi connectivity index (χ0) is 23.1. The molecular weight excluding hydrogens is 450 g/mol. The highest BCUT2D eigenvalue weighted by Gasteiger charge is 2.31. The lowest BCUT2D eigenvalue weighted by Gasteiger charge is -2.21. The summed E-state index contributed by atoms with van der Waals surface area (Å²) in [5.74, 6) is 2.74. The zero-order valence-corrected chi connectivity index (χ0v) is 19.7. The summed E-state index contributed by atoms with van der Waals surface area (Å²) in [7, 11) is 0. The van der Waals surface area contributed by atoms with Gasteiger partial charge >= 0.3 is 0 Å². The van der Waals surface area contributed by atoms with Crippen molar-refractivity contribution in [1.29, 1.82) is 0 Å². The van der Waals surface area contributed by atoms with Gasteiger partial charge < -0.3 is 19.4 Å². The van der Waals surface area contributed by atoms with Crippen molar-refractivity contribution in [2.75, 3.05) is 19.1 Å². The summed E-state index contributed by atoms with van der Waals surface area (Å²) in [5.41, 5.74) is 3.15. The average Bonchev–Trinajstić information content (AvgIpc) is 3.26. The summed E-state index contributed by atoms with van der Waals surface area (Å²) < 4.78 is 13.1. The Bertz CT molecular complexity index is 1360. The second-order valence-electron chi connectivity index (χ2n) is 8.54. The predicted octanol–water partition coefficient (Wildman–Crippen LogP) is 4.63. The van der Waals surface area contributed by atoms with Crippen molar-refractivity contribution in [3.8, 4) is 22.9 Å². The van der Waals surface area contributed by atoms with Gasteiger partial charge in [0.1, 0.15) is 0 Å². The number of nitrogens with one attached hydrogen (secondary N) is 1. The van der Waals surface area contributed by atoms with Crippen LogP contribution in [-0.4, -0.2) is 49.6 Å². The Morgan fingerprint density at radius 2 is 2.03 bits per heavy atom. The highest BCUT2D eigenvalue weighted by atomic mass is 32.2. The fourth-order valence-corrected chi connectivity index (χ4v) is 5.24. The van der Waals surface area contributed by atoms with E-state index in [4.69, 9.17) is 9.47 Å². The highest BCUT2D eigenvalue weighted by Crippen LogP contribution is 2.42. The number of hydrogen-bond acceptors (Lipinski definition) is 6. The number of ether oxygens (including phenoxy) is 2. The molecule has 1 N–H and O–H groups in total. The second kappa shape index (κ2) is 8.72. The zero-order valence-electron chi connectivity index (χ0n) is 18.9. The van der Waals surface area contributed by atoms with Crippen LogP contribution < -0.4 is 9.47 Å². The van der Waals surface area contributed by atoms with Crippen molar-refractivity contribution in [3.63, 3.8) is 0 Å². The average molecular weight is 476 g/mol. The molecule has 1 saturated carbocycles. The van der Waals surface area contributed by atoms with Gasteiger partial charge in [0.05, 0.1) is 5.75 Å². The van der Waals surface area contributed by atoms with E-state index < -0.39 is 0 Å². The number of thioether (sulfide) groups is 1. The molecule has 6 rings (SSSR count). The quantitative estimate of drug-likeness (QED) is 0.374. The summed E-state index contributed by atoms with van der Waals surface area (Å²) >= 11 is 1.46. The molecule has 2 aromatic carbocycles. The van der Waals surface area contributed by atoms with Crippen LogP contribution in [0.5, 0.6) is 11.5 Å². The molecule has 1 fully saturated rings. The molecule has 2 aliphatic rings. The summed E-state index contributed by atoms with van der Waals surface area (Å²) in [6.45, 7) is 3.40. The minimum Gasteiger partial charge on any atom is -0.454 e. The minimum atomic E-state index is 0.0733. The lowest BCUT2D eigenvalue weighted by atomic mass is 10.1. The largest absolute Gasteiger partial charge is 0.454 e. The van der Waals surface area contributed by atoms with Gasteiger partial charge in [-0.25, -0.2) is 0 Å². The number of carbonyl (C=O) groups is 1. The standard InChI is InChI=1S/C25H25N5O3S/c1-2-29(13-16-7-10-21-22(11-16)33-15-32-21)23(31)14-34-25-28-27-24(30(25)17-8-9-17)19-12-26-20-6-4-3-5-18(19)20/h3-7,10-12,17,26H,2,8-9,13-15H2,1H3. The molecule has 0 spiro atoms. The minimum absolute atomic E-state index is 0.0733. The first-order chi connectivity index (χ1) is 16.7. The summed E-state index contributed by atoms with van der Waals surface area (Å²) in [6, 6.07) is 14.4. The lowest BCUT2D eigenvalue weighted by Crippen LogP contribution is -2.31. The Kier molecular flexibility index (Phi) is 5.41. The Morgan fingerprint density at radius 1 is 1.18 bits per heavy atom. The summed E-state index contributed by atoms with van der Waals surface area (Å²) in [6.07, 6.45) is 4.22. The lowest BCUT2D eigenvalue weighted by molar-refractivity contribution is -0.128. The van der Waals surface area contributed by atoms with Gasteiger partial charge in [0.25, 0.3) is 0 Å². The van der Waals surface area contributed by atoms with Crippen LogP contribution in [0.3, 0.4) is 0 Å². The first-order valence-electron chi connectivity index (χ1n) is 11.5. The highest BCUT2D eigenvalue weighted by molar-refractivity contribution is 7.99. The van der Waals surface area contributed by atoms with Crippen LogP contribution in [0.1, 0.15) is 31.4 Å². The van der Waals surface area contributed by atoms with E-state index in [-0.39, 0.29) is 12.7 Å². The van der Waals surface area contributed by atoms with E-state index >= 15 is 0 Å². The first-order valence-corrected chi connectivity index (χ1v) is 12.5. The third-order valence-electron chi connectivity index (χ3n) is 6.28. The maximum Gasteiger partial charge on any atom is 0.233 e. The van der Waals surface area contributed by atoms with Crippen LogP contribution in [0, 0.1) is 0 Å². The first kappa shape index (κ1) is 21.1. The number of nitrogens with zero attached hydrogens (tertiary/aromatic N) is 4. The molecule has 1 amide bonds. The van der Waals surface area contributed by atoms with Crippen LogP contribution in [0.2, 0.25) is 0 Å². The topological polar surface area (TPSA) is 85.3 Å². The molecule has 0 atom stereocenters. The Labute approximate surface area is 201 Å². The molecule has 1 aliphatic heterocycles. The number of H-pyrrole nitrogens is 1. The second-order valence-corrected chi connectivity index (χ2v) is 9.48. The summed E-state index contributed by atoms with van der Waals surface area (Å²) in [4.78, 5) is 18.3. The van der Waals surface area contributed by atoms with Crippen molar-refractivity contribution in [3.05, 3.63) is 54.2 Å². The van der Waals surface area contributed by atoms with Gasteiger partial charge in [-0.3, -0.25) is 9.36 Å². The van der Waals surface area contributed by atoms with Crippen LogP contribution >= 0.6 is 11.8 Å². The Morgan fingerprint density at radius 3 is 2.88 bits per heavy atom. The van der Waals surface area contributed by atoms with Gasteiger partial charge in [0.15, 0.2) is 22.5 Å². The fourth-order valence-electron chi connectivity index (χ4n) is 4.33. The van der Waals surface area contributed by atoms with Gasteiger partial charge in [0.2, 0.25) is 12.7 Å². The smallest absolute Gasteiger partial charge is 0.233 e. The van der Waals surface area contributed by atoms with E-state index in [1.54, 1.807) is 0 Å². The molecular formula is C25H25N5O3S. The molecule has 3 heterocycles. The van der Waals surface area contributed by atoms with Crippen LogP contribution in [0.4, 0.5) is 0 Å². The van der Waals surface area contributed by atoms with Gasteiger partial charge in [-0.2, -0.15) is 0 Å². The van der Waals surface area contributed by atoms with E-state index in [2.05, 4.69) is 31.9 Å². The van der Waals surface area contributed by atoms with Gasteiger partial charge in [-0.1, -0.05) is 36.0 Å².